The summed E-state index contributed by atoms with van der Waals surface area (Å²) in [7, 11) is 0. The van der Waals surface area contributed by atoms with Gasteiger partial charge in [-0.3, -0.25) is 4.79 Å². The van der Waals surface area contributed by atoms with E-state index in [1.165, 1.54) is 11.0 Å². The highest BCUT2D eigenvalue weighted by atomic mass is 16.6. The number of hydrogen-bond donors (Lipinski definition) is 0. The number of rotatable bonds is 8. The van der Waals surface area contributed by atoms with Crippen molar-refractivity contribution in [2.75, 3.05) is 31.3 Å². The van der Waals surface area contributed by atoms with Crippen LogP contribution in [-0.4, -0.2) is 52.5 Å². The number of aromatic nitrogens is 4. The molecule has 0 radical (unpaired) electrons. The molecule has 2 heterocycles. The van der Waals surface area contributed by atoms with Gasteiger partial charge in [0.2, 0.25) is 0 Å². The Morgan fingerprint density at radius 3 is 2.57 bits per heavy atom. The van der Waals surface area contributed by atoms with Crippen molar-refractivity contribution in [3.63, 3.8) is 0 Å². The lowest BCUT2D eigenvalue weighted by atomic mass is 10.2. The monoisotopic (exact) mass is 469 g/mol. The number of anilines is 1. The van der Waals surface area contributed by atoms with E-state index in [4.69, 9.17) is 14.2 Å². The summed E-state index contributed by atoms with van der Waals surface area (Å²) in [6.07, 6.45) is 5.44. The van der Waals surface area contributed by atoms with E-state index in [-0.39, 0.29) is 12.5 Å². The molecule has 35 heavy (non-hydrogen) atoms. The zero-order chi connectivity index (χ0) is 23.9. The molecule has 0 atom stereocenters. The summed E-state index contributed by atoms with van der Waals surface area (Å²) in [5, 5.41) is 11.1. The van der Waals surface area contributed by atoms with Crippen LogP contribution in [0.15, 0.2) is 85.2 Å². The van der Waals surface area contributed by atoms with Gasteiger partial charge in [-0.1, -0.05) is 42.5 Å². The average molecular weight is 470 g/mol. The standard InChI is InChI=1S/C26H23N5O4/c32-26(18-35-23-11-8-21(9-12-23)31-19-27-28-29-31)30(14-4-7-20-5-2-1-3-6-20)22-10-13-24-25(17-22)34-16-15-33-24/h1-13,17,19H,14-16,18H2/b7-4+. The third-order valence-electron chi connectivity index (χ3n) is 5.35. The van der Waals surface area contributed by atoms with Crippen molar-refractivity contribution in [2.45, 2.75) is 0 Å². The summed E-state index contributed by atoms with van der Waals surface area (Å²) in [4.78, 5) is 14.9. The number of ether oxygens (including phenoxy) is 3. The molecule has 1 amide bonds. The molecule has 0 saturated carbocycles. The predicted octanol–water partition coefficient (Wildman–Crippen LogP) is 3.56. The fraction of sp³-hybridized carbons (Fsp3) is 0.154. The van der Waals surface area contributed by atoms with Crippen LogP contribution in [0.3, 0.4) is 0 Å². The van der Waals surface area contributed by atoms with Crippen molar-refractivity contribution in [3.8, 4) is 22.9 Å². The Bertz CT molecular complexity index is 1290. The van der Waals surface area contributed by atoms with E-state index in [9.17, 15) is 4.79 Å². The Morgan fingerprint density at radius 2 is 1.80 bits per heavy atom. The zero-order valence-corrected chi connectivity index (χ0v) is 18.9. The number of benzene rings is 3. The van der Waals surface area contributed by atoms with Gasteiger partial charge in [0.1, 0.15) is 25.3 Å². The molecular formula is C26H23N5O4. The minimum Gasteiger partial charge on any atom is -0.486 e. The van der Waals surface area contributed by atoms with Gasteiger partial charge in [-0.05, 0) is 52.4 Å². The van der Waals surface area contributed by atoms with E-state index >= 15 is 0 Å². The van der Waals surface area contributed by atoms with E-state index in [1.54, 1.807) is 17.0 Å². The van der Waals surface area contributed by atoms with E-state index in [2.05, 4.69) is 15.5 Å². The molecular weight excluding hydrogens is 446 g/mol. The van der Waals surface area contributed by atoms with Crippen molar-refractivity contribution in [1.82, 2.24) is 20.2 Å². The number of hydrogen-bond acceptors (Lipinski definition) is 7. The maximum atomic E-state index is 13.2. The van der Waals surface area contributed by atoms with Crippen LogP contribution in [0.5, 0.6) is 17.2 Å². The first-order chi connectivity index (χ1) is 17.3. The van der Waals surface area contributed by atoms with Crippen LogP contribution < -0.4 is 19.1 Å². The molecule has 0 spiro atoms. The lowest BCUT2D eigenvalue weighted by Gasteiger charge is -2.24. The summed E-state index contributed by atoms with van der Waals surface area (Å²) in [5.41, 5.74) is 2.55. The van der Waals surface area contributed by atoms with Crippen LogP contribution in [0.2, 0.25) is 0 Å². The number of tetrazole rings is 1. The van der Waals surface area contributed by atoms with Crippen molar-refractivity contribution >= 4 is 17.7 Å². The Morgan fingerprint density at radius 1 is 1.00 bits per heavy atom. The second-order valence-corrected chi connectivity index (χ2v) is 7.68. The number of amides is 1. The molecule has 0 fully saturated rings. The smallest absolute Gasteiger partial charge is 0.265 e. The minimum absolute atomic E-state index is 0.127. The van der Waals surface area contributed by atoms with Gasteiger partial charge in [0.25, 0.3) is 5.91 Å². The predicted molar refractivity (Wildman–Crippen MR) is 130 cm³/mol. The van der Waals surface area contributed by atoms with Crippen LogP contribution in [0, 0.1) is 0 Å². The van der Waals surface area contributed by atoms with Gasteiger partial charge in [-0.25, -0.2) is 4.68 Å². The molecule has 4 aromatic rings. The Hall–Kier alpha value is -4.66. The van der Waals surface area contributed by atoms with E-state index in [1.807, 2.05) is 72.8 Å². The van der Waals surface area contributed by atoms with E-state index in [0.29, 0.717) is 42.7 Å². The second-order valence-electron chi connectivity index (χ2n) is 7.68. The van der Waals surface area contributed by atoms with Gasteiger partial charge >= 0.3 is 0 Å². The topological polar surface area (TPSA) is 91.6 Å². The first-order valence-corrected chi connectivity index (χ1v) is 11.1. The van der Waals surface area contributed by atoms with Gasteiger partial charge in [0.15, 0.2) is 18.1 Å². The fourth-order valence-electron chi connectivity index (χ4n) is 3.61. The molecule has 9 nitrogen and oxygen atoms in total. The zero-order valence-electron chi connectivity index (χ0n) is 18.9. The fourth-order valence-corrected chi connectivity index (χ4v) is 3.61. The Balaban J connectivity index is 1.30. The number of fused-ring (bicyclic) bond motifs is 1. The normalized spacial score (nSPS) is 12.5. The molecule has 176 valence electrons. The molecule has 0 N–H and O–H groups in total. The van der Waals surface area contributed by atoms with Crippen molar-refractivity contribution in [1.29, 1.82) is 0 Å². The maximum Gasteiger partial charge on any atom is 0.265 e. The van der Waals surface area contributed by atoms with Gasteiger partial charge in [0, 0.05) is 18.3 Å². The minimum atomic E-state index is -0.191. The summed E-state index contributed by atoms with van der Waals surface area (Å²) >= 11 is 0. The molecule has 1 aromatic heterocycles. The number of carbonyl (C=O) groups excluding carboxylic acids is 1. The van der Waals surface area contributed by atoms with Crippen molar-refractivity contribution < 1.29 is 19.0 Å². The third-order valence-corrected chi connectivity index (χ3v) is 5.35. The quantitative estimate of drug-likeness (QED) is 0.390. The van der Waals surface area contributed by atoms with Gasteiger partial charge in [-0.15, -0.1) is 5.10 Å². The van der Waals surface area contributed by atoms with E-state index in [0.717, 1.165) is 11.3 Å². The molecule has 0 saturated heterocycles. The summed E-state index contributed by atoms with van der Waals surface area (Å²) < 4.78 is 18.7. The maximum absolute atomic E-state index is 13.2. The molecule has 1 aliphatic heterocycles. The summed E-state index contributed by atoms with van der Waals surface area (Å²) in [5.74, 6) is 1.67. The molecule has 1 aliphatic rings. The Kier molecular flexibility index (Phi) is 6.65. The lowest BCUT2D eigenvalue weighted by molar-refractivity contribution is -0.120. The number of carbonyl (C=O) groups is 1. The molecule has 0 aliphatic carbocycles. The van der Waals surface area contributed by atoms with Crippen molar-refractivity contribution in [2.24, 2.45) is 0 Å². The molecule has 3 aromatic carbocycles. The highest BCUT2D eigenvalue weighted by Gasteiger charge is 2.19. The van der Waals surface area contributed by atoms with Gasteiger partial charge < -0.3 is 19.1 Å². The molecule has 0 bridgehead atoms. The van der Waals surface area contributed by atoms with Gasteiger partial charge in [0.05, 0.1) is 5.69 Å². The lowest BCUT2D eigenvalue weighted by Crippen LogP contribution is -2.35. The third kappa shape index (κ3) is 5.47. The number of nitrogens with zero attached hydrogens (tertiary/aromatic N) is 5. The van der Waals surface area contributed by atoms with Crippen LogP contribution >= 0.6 is 0 Å². The first kappa shape index (κ1) is 22.1. The van der Waals surface area contributed by atoms with Crippen LogP contribution in [0.25, 0.3) is 11.8 Å². The highest BCUT2D eigenvalue weighted by molar-refractivity contribution is 5.95. The first-order valence-electron chi connectivity index (χ1n) is 11.1. The molecule has 0 unspecified atom stereocenters. The van der Waals surface area contributed by atoms with Crippen LogP contribution in [0.4, 0.5) is 5.69 Å². The van der Waals surface area contributed by atoms with Crippen LogP contribution in [-0.2, 0) is 4.79 Å². The van der Waals surface area contributed by atoms with Crippen LogP contribution in [0.1, 0.15) is 5.56 Å². The summed E-state index contributed by atoms with van der Waals surface area (Å²) in [6, 6.07) is 22.6. The SMILES string of the molecule is O=C(COc1ccc(-n2cnnn2)cc1)N(C/C=C/c1ccccc1)c1ccc2c(c1)OCCO2. The summed E-state index contributed by atoms with van der Waals surface area (Å²) in [6.45, 7) is 1.23. The molecule has 9 heteroatoms. The highest BCUT2D eigenvalue weighted by Crippen LogP contribution is 2.34. The van der Waals surface area contributed by atoms with Gasteiger partial charge in [-0.2, -0.15) is 0 Å². The largest absolute Gasteiger partial charge is 0.486 e. The van der Waals surface area contributed by atoms with Crippen molar-refractivity contribution in [3.05, 3.63) is 90.8 Å². The second kappa shape index (κ2) is 10.5. The average Bonchev–Trinajstić information content (AvgIpc) is 3.46. The Labute approximate surface area is 202 Å². The molecule has 5 rings (SSSR count). The van der Waals surface area contributed by atoms with E-state index < -0.39 is 0 Å².